The van der Waals surface area contributed by atoms with Crippen molar-refractivity contribution in [3.63, 3.8) is 0 Å². The second-order valence-electron chi connectivity index (χ2n) is 3.12. The van der Waals surface area contributed by atoms with Crippen molar-refractivity contribution in [3.05, 3.63) is 9.21 Å². The lowest BCUT2D eigenvalue weighted by Crippen LogP contribution is -2.38. The molecule has 0 radical (unpaired) electrons. The molecule has 0 aliphatic heterocycles. The molecule has 14 heavy (non-hydrogen) atoms. The first-order chi connectivity index (χ1) is 6.39. The van der Waals surface area contributed by atoms with Gasteiger partial charge in [-0.25, -0.2) is 4.79 Å². The van der Waals surface area contributed by atoms with Gasteiger partial charge in [-0.15, -0.1) is 10.2 Å². The molecule has 5 nitrogen and oxygen atoms in total. The van der Waals surface area contributed by atoms with Gasteiger partial charge in [-0.1, -0.05) is 0 Å². The Morgan fingerprint density at radius 1 is 1.36 bits per heavy atom. The summed E-state index contributed by atoms with van der Waals surface area (Å²) in [5.41, 5.74) is -0.913. The third-order valence-electron chi connectivity index (χ3n) is 1.72. The van der Waals surface area contributed by atoms with Crippen LogP contribution in [0.4, 0.5) is 0 Å². The van der Waals surface area contributed by atoms with Crippen LogP contribution in [-0.4, -0.2) is 28.1 Å². The molecule has 1 heterocycles. The summed E-state index contributed by atoms with van der Waals surface area (Å²) in [4.78, 5) is 12.7. The van der Waals surface area contributed by atoms with E-state index in [-0.39, 0.29) is 0 Å². The molecule has 0 amide bonds. The number of hydrogen-bond acceptors (Lipinski definition) is 4. The molecule has 0 aliphatic carbocycles. The van der Waals surface area contributed by atoms with E-state index in [0.29, 0.717) is 9.21 Å². The lowest BCUT2D eigenvalue weighted by molar-refractivity contribution is -0.150. The molecular formula is C7H9Br2N3O2. The van der Waals surface area contributed by atoms with Crippen molar-refractivity contribution in [2.24, 2.45) is 0 Å². The molecule has 0 saturated carbocycles. The molecule has 7 heteroatoms. The highest BCUT2D eigenvalue weighted by Gasteiger charge is 2.33. The van der Waals surface area contributed by atoms with E-state index in [1.54, 1.807) is 13.8 Å². The molecule has 0 atom stereocenters. The molecule has 0 spiro atoms. The zero-order valence-electron chi connectivity index (χ0n) is 7.91. The van der Waals surface area contributed by atoms with Crippen LogP contribution in [-0.2, 0) is 15.1 Å². The van der Waals surface area contributed by atoms with Gasteiger partial charge in [0.1, 0.15) is 0 Å². The maximum absolute atomic E-state index is 11.4. The summed E-state index contributed by atoms with van der Waals surface area (Å²) < 4.78 is 5.75. The van der Waals surface area contributed by atoms with Crippen molar-refractivity contribution in [1.29, 1.82) is 0 Å². The maximum Gasteiger partial charge on any atom is 0.335 e. The van der Waals surface area contributed by atoms with Gasteiger partial charge in [0, 0.05) is 0 Å². The van der Waals surface area contributed by atoms with Crippen molar-refractivity contribution < 1.29 is 9.53 Å². The van der Waals surface area contributed by atoms with Crippen molar-refractivity contribution in [1.82, 2.24) is 15.0 Å². The number of carbonyl (C=O) groups excluding carboxylic acids is 1. The number of ether oxygens (including phenoxy) is 1. The maximum atomic E-state index is 11.4. The van der Waals surface area contributed by atoms with E-state index < -0.39 is 11.5 Å². The Morgan fingerprint density at radius 2 is 1.79 bits per heavy atom. The summed E-state index contributed by atoms with van der Waals surface area (Å²) >= 11 is 6.37. The fourth-order valence-corrected chi connectivity index (χ4v) is 1.31. The highest BCUT2D eigenvalue weighted by molar-refractivity contribution is 9.13. The van der Waals surface area contributed by atoms with Gasteiger partial charge in [-0.3, -0.25) is 0 Å². The molecule has 78 valence electrons. The molecule has 0 N–H and O–H groups in total. The van der Waals surface area contributed by atoms with Crippen LogP contribution in [0.1, 0.15) is 13.8 Å². The molecule has 1 aromatic heterocycles. The molecule has 0 unspecified atom stereocenters. The molecule has 1 aromatic rings. The first-order valence-electron chi connectivity index (χ1n) is 3.77. The van der Waals surface area contributed by atoms with E-state index in [2.05, 4.69) is 46.8 Å². The average Bonchev–Trinajstić information content (AvgIpc) is 2.46. The van der Waals surface area contributed by atoms with Crippen LogP contribution in [0.2, 0.25) is 0 Å². The van der Waals surface area contributed by atoms with Crippen LogP contribution in [0.15, 0.2) is 9.21 Å². The Bertz CT molecular complexity index is 342. The molecule has 0 aromatic carbocycles. The normalized spacial score (nSPS) is 11.5. The number of halogens is 2. The van der Waals surface area contributed by atoms with E-state index in [1.165, 1.54) is 11.9 Å². The second kappa shape index (κ2) is 3.98. The largest absolute Gasteiger partial charge is 0.467 e. The van der Waals surface area contributed by atoms with Crippen LogP contribution in [0, 0.1) is 0 Å². The predicted octanol–water partition coefficient (Wildman–Crippen LogP) is 1.71. The Balaban J connectivity index is 3.09. The van der Waals surface area contributed by atoms with Crippen LogP contribution in [0.5, 0.6) is 0 Å². The highest BCUT2D eigenvalue weighted by atomic mass is 79.9. The minimum Gasteiger partial charge on any atom is -0.467 e. The monoisotopic (exact) mass is 325 g/mol. The van der Waals surface area contributed by atoms with Crippen LogP contribution in [0.3, 0.4) is 0 Å². The minimum absolute atomic E-state index is 0.396. The van der Waals surface area contributed by atoms with Crippen molar-refractivity contribution >= 4 is 37.8 Å². The summed E-state index contributed by atoms with van der Waals surface area (Å²) in [6.45, 7) is 3.36. The SMILES string of the molecule is COC(=O)C(C)(C)n1nc(Br)c(Br)n1. The number of hydrogen-bond donors (Lipinski definition) is 0. The van der Waals surface area contributed by atoms with E-state index >= 15 is 0 Å². The van der Waals surface area contributed by atoms with E-state index in [0.717, 1.165) is 0 Å². The minimum atomic E-state index is -0.913. The third-order valence-corrected chi connectivity index (χ3v) is 3.32. The van der Waals surface area contributed by atoms with Gasteiger partial charge in [-0.05, 0) is 45.7 Å². The second-order valence-corrected chi connectivity index (χ2v) is 4.62. The van der Waals surface area contributed by atoms with Gasteiger partial charge in [0.25, 0.3) is 0 Å². The molecule has 0 aliphatic rings. The summed E-state index contributed by atoms with van der Waals surface area (Å²) in [5.74, 6) is -0.396. The first-order valence-corrected chi connectivity index (χ1v) is 5.35. The van der Waals surface area contributed by atoms with Crippen molar-refractivity contribution in [3.8, 4) is 0 Å². The standard InChI is InChI=1S/C7H9Br2N3O2/c1-7(2,6(13)14-3)12-10-4(8)5(9)11-12/h1-3H3. The third kappa shape index (κ3) is 1.98. The predicted molar refractivity (Wildman–Crippen MR) is 56.8 cm³/mol. The topological polar surface area (TPSA) is 57.0 Å². The Labute approximate surface area is 98.1 Å². The van der Waals surface area contributed by atoms with Gasteiger partial charge < -0.3 is 4.74 Å². The number of esters is 1. The van der Waals surface area contributed by atoms with E-state index in [9.17, 15) is 4.79 Å². The van der Waals surface area contributed by atoms with Gasteiger partial charge >= 0.3 is 5.97 Å². The number of methoxy groups -OCH3 is 1. The molecule has 0 saturated heterocycles. The fourth-order valence-electron chi connectivity index (χ4n) is 0.853. The molecule has 0 fully saturated rings. The highest BCUT2D eigenvalue weighted by Crippen LogP contribution is 2.22. The van der Waals surface area contributed by atoms with E-state index in [1.807, 2.05) is 0 Å². The zero-order valence-corrected chi connectivity index (χ0v) is 11.1. The summed E-state index contributed by atoms with van der Waals surface area (Å²) in [7, 11) is 1.33. The number of nitrogens with zero attached hydrogens (tertiary/aromatic N) is 3. The molecular weight excluding hydrogens is 318 g/mol. The van der Waals surface area contributed by atoms with Crippen molar-refractivity contribution in [2.45, 2.75) is 19.4 Å². The lowest BCUT2D eigenvalue weighted by Gasteiger charge is -2.19. The number of rotatable bonds is 2. The Hall–Kier alpha value is -0.430. The fraction of sp³-hybridized carbons (Fsp3) is 0.571. The molecule has 1 rings (SSSR count). The zero-order chi connectivity index (χ0) is 10.9. The Morgan fingerprint density at radius 3 is 2.14 bits per heavy atom. The summed E-state index contributed by atoms with van der Waals surface area (Å²) in [6, 6.07) is 0. The van der Waals surface area contributed by atoms with Gasteiger partial charge in [0.2, 0.25) is 0 Å². The van der Waals surface area contributed by atoms with Crippen LogP contribution >= 0.6 is 31.9 Å². The summed E-state index contributed by atoms with van der Waals surface area (Å²) in [6.07, 6.45) is 0. The molecule has 0 bridgehead atoms. The van der Waals surface area contributed by atoms with Gasteiger partial charge in [-0.2, -0.15) is 4.80 Å². The lowest BCUT2D eigenvalue weighted by atomic mass is 10.1. The average molecular weight is 327 g/mol. The quantitative estimate of drug-likeness (QED) is 0.776. The first kappa shape index (κ1) is 11.6. The van der Waals surface area contributed by atoms with Gasteiger partial charge in [0.15, 0.2) is 14.7 Å². The van der Waals surface area contributed by atoms with Crippen LogP contribution < -0.4 is 0 Å². The number of aromatic nitrogens is 3. The number of carbonyl (C=O) groups is 1. The smallest absolute Gasteiger partial charge is 0.335 e. The van der Waals surface area contributed by atoms with Crippen LogP contribution in [0.25, 0.3) is 0 Å². The van der Waals surface area contributed by atoms with Crippen molar-refractivity contribution in [2.75, 3.05) is 7.11 Å². The summed E-state index contributed by atoms with van der Waals surface area (Å²) in [5, 5.41) is 8.05. The van der Waals surface area contributed by atoms with E-state index in [4.69, 9.17) is 0 Å². The Kier molecular flexibility index (Phi) is 3.31. The van der Waals surface area contributed by atoms with Gasteiger partial charge in [0.05, 0.1) is 7.11 Å².